The second kappa shape index (κ2) is 5.75. The minimum absolute atomic E-state index is 0.0151. The van der Waals surface area contributed by atoms with Crippen LogP contribution in [0, 0.1) is 21.4 Å². The molecular weight excluding hydrogens is 238 g/mol. The molecule has 0 aliphatic rings. The zero-order chi connectivity index (χ0) is 13.7. The number of non-ortho nitro benzene ring substituents is 1. The van der Waals surface area contributed by atoms with E-state index in [-0.39, 0.29) is 29.8 Å². The molecule has 0 heterocycles. The quantitative estimate of drug-likeness (QED) is 0.475. The van der Waals surface area contributed by atoms with Gasteiger partial charge in [-0.15, -0.1) is 0 Å². The van der Waals surface area contributed by atoms with Gasteiger partial charge in [-0.3, -0.25) is 14.9 Å². The summed E-state index contributed by atoms with van der Waals surface area (Å²) in [6.07, 6.45) is -0.200. The molecular formula is C11H11N3O4. The lowest BCUT2D eigenvalue weighted by molar-refractivity contribution is -0.385. The average Bonchev–Trinajstić information content (AvgIpc) is 2.37. The first-order valence-corrected chi connectivity index (χ1v) is 5.00. The average molecular weight is 249 g/mol. The second-order valence-corrected chi connectivity index (χ2v) is 3.46. The van der Waals surface area contributed by atoms with Crippen molar-refractivity contribution in [2.45, 2.75) is 13.0 Å². The lowest BCUT2D eigenvalue weighted by atomic mass is 9.98. The van der Waals surface area contributed by atoms with Crippen molar-refractivity contribution in [2.75, 3.05) is 7.11 Å². The second-order valence-electron chi connectivity index (χ2n) is 3.46. The highest BCUT2D eigenvalue weighted by Gasteiger charge is 2.17. The van der Waals surface area contributed by atoms with Gasteiger partial charge in [0.15, 0.2) is 0 Å². The summed E-state index contributed by atoms with van der Waals surface area (Å²) in [7, 11) is 1.20. The summed E-state index contributed by atoms with van der Waals surface area (Å²) >= 11 is 0. The Morgan fingerprint density at radius 1 is 1.56 bits per heavy atom. The van der Waals surface area contributed by atoms with Crippen molar-refractivity contribution in [1.82, 2.24) is 0 Å². The van der Waals surface area contributed by atoms with Gasteiger partial charge in [-0.2, -0.15) is 5.26 Å². The molecule has 0 saturated heterocycles. The molecule has 0 bridgehead atoms. The van der Waals surface area contributed by atoms with Crippen molar-refractivity contribution in [1.29, 1.82) is 5.26 Å². The zero-order valence-corrected chi connectivity index (χ0v) is 9.67. The molecule has 94 valence electrons. The summed E-state index contributed by atoms with van der Waals surface area (Å²) in [5, 5.41) is 19.8. The van der Waals surface area contributed by atoms with Gasteiger partial charge in [0.1, 0.15) is 0 Å². The highest BCUT2D eigenvalue weighted by atomic mass is 16.6. The number of ether oxygens (including phenoxy) is 1. The smallest absolute Gasteiger partial charge is 0.310 e. The maximum Gasteiger partial charge on any atom is 0.310 e. The van der Waals surface area contributed by atoms with Crippen LogP contribution in [0.25, 0.3) is 0 Å². The van der Waals surface area contributed by atoms with Crippen LogP contribution in [0.2, 0.25) is 0 Å². The van der Waals surface area contributed by atoms with E-state index in [1.54, 1.807) is 0 Å². The van der Waals surface area contributed by atoms with E-state index in [9.17, 15) is 14.9 Å². The van der Waals surface area contributed by atoms with E-state index >= 15 is 0 Å². The molecule has 2 N–H and O–H groups in total. The molecule has 0 aliphatic carbocycles. The Hall–Kier alpha value is -2.46. The summed E-state index contributed by atoms with van der Waals surface area (Å²) in [4.78, 5) is 21.3. The largest absolute Gasteiger partial charge is 0.469 e. The number of esters is 1. The first kappa shape index (κ1) is 13.6. The third-order valence-electron chi connectivity index (χ3n) is 2.39. The van der Waals surface area contributed by atoms with Crippen molar-refractivity contribution in [2.24, 2.45) is 5.73 Å². The molecule has 0 amide bonds. The van der Waals surface area contributed by atoms with Gasteiger partial charge in [0.2, 0.25) is 0 Å². The Balaban J connectivity index is 3.36. The maximum atomic E-state index is 11.2. The Labute approximate surface area is 103 Å². The van der Waals surface area contributed by atoms with Crippen LogP contribution >= 0.6 is 0 Å². The van der Waals surface area contributed by atoms with Crippen LogP contribution in [0.1, 0.15) is 16.7 Å². The molecule has 0 fully saturated rings. The number of nitriles is 1. The number of carbonyl (C=O) groups excluding carboxylic acids is 1. The number of nitro benzene ring substituents is 1. The third-order valence-corrected chi connectivity index (χ3v) is 2.39. The van der Waals surface area contributed by atoms with Crippen molar-refractivity contribution >= 4 is 11.7 Å². The standard InChI is InChI=1S/C11H11N3O4/c1-18-11(15)4-7-2-9(14(16)17)3-8(5-12)10(7)6-13/h2-3H,4-5,12H2,1H3. The van der Waals surface area contributed by atoms with E-state index in [1.165, 1.54) is 19.2 Å². The Bertz CT molecular complexity index is 534. The number of nitro groups is 1. The Kier molecular flexibility index (Phi) is 4.34. The van der Waals surface area contributed by atoms with Crippen LogP contribution in [-0.4, -0.2) is 18.0 Å². The van der Waals surface area contributed by atoms with E-state index < -0.39 is 10.9 Å². The number of rotatable bonds is 4. The van der Waals surface area contributed by atoms with Crippen LogP contribution in [0.5, 0.6) is 0 Å². The highest BCUT2D eigenvalue weighted by molar-refractivity contribution is 5.74. The highest BCUT2D eigenvalue weighted by Crippen LogP contribution is 2.22. The van der Waals surface area contributed by atoms with Gasteiger partial charge in [-0.25, -0.2) is 0 Å². The number of benzene rings is 1. The van der Waals surface area contributed by atoms with Crippen molar-refractivity contribution < 1.29 is 14.5 Å². The monoisotopic (exact) mass is 249 g/mol. The summed E-state index contributed by atoms with van der Waals surface area (Å²) in [5.41, 5.74) is 6.01. The molecule has 0 saturated carbocycles. The van der Waals surface area contributed by atoms with Gasteiger partial charge in [-0.05, 0) is 11.1 Å². The Morgan fingerprint density at radius 2 is 2.17 bits per heavy atom. The third kappa shape index (κ3) is 2.81. The normalized spacial score (nSPS) is 9.61. The van der Waals surface area contributed by atoms with Gasteiger partial charge in [0.05, 0.1) is 30.1 Å². The summed E-state index contributed by atoms with van der Waals surface area (Å²) in [6, 6.07) is 4.32. The molecule has 0 aliphatic heterocycles. The van der Waals surface area contributed by atoms with Gasteiger partial charge < -0.3 is 10.5 Å². The van der Waals surface area contributed by atoms with Gasteiger partial charge in [0, 0.05) is 18.7 Å². The topological polar surface area (TPSA) is 119 Å². The summed E-state index contributed by atoms with van der Waals surface area (Å²) in [6.45, 7) is -0.0151. The number of hydrogen-bond acceptors (Lipinski definition) is 6. The SMILES string of the molecule is COC(=O)Cc1cc([N+](=O)[O-])cc(CN)c1C#N. The minimum atomic E-state index is -0.596. The van der Waals surface area contributed by atoms with Crippen molar-refractivity contribution in [3.63, 3.8) is 0 Å². The van der Waals surface area contributed by atoms with Gasteiger partial charge in [-0.1, -0.05) is 0 Å². The van der Waals surface area contributed by atoms with Crippen LogP contribution in [0.3, 0.4) is 0 Å². The zero-order valence-electron chi connectivity index (χ0n) is 9.67. The first-order chi connectivity index (χ1) is 8.53. The molecule has 1 rings (SSSR count). The molecule has 1 aromatic rings. The number of hydrogen-bond donors (Lipinski definition) is 1. The number of carbonyl (C=O) groups is 1. The number of nitrogens with two attached hydrogens (primary N) is 1. The molecule has 0 aromatic heterocycles. The molecule has 7 heteroatoms. The lowest BCUT2D eigenvalue weighted by Gasteiger charge is -2.07. The van der Waals surface area contributed by atoms with Crippen molar-refractivity contribution in [3.8, 4) is 6.07 Å². The first-order valence-electron chi connectivity index (χ1n) is 5.00. The van der Waals surface area contributed by atoms with Crippen LogP contribution < -0.4 is 5.73 Å². The van der Waals surface area contributed by atoms with E-state index in [0.29, 0.717) is 5.56 Å². The fraction of sp³-hybridized carbons (Fsp3) is 0.273. The summed E-state index contributed by atoms with van der Waals surface area (Å²) in [5.74, 6) is -0.574. The summed E-state index contributed by atoms with van der Waals surface area (Å²) < 4.78 is 4.48. The lowest BCUT2D eigenvalue weighted by Crippen LogP contribution is -2.10. The van der Waals surface area contributed by atoms with E-state index in [1.807, 2.05) is 6.07 Å². The molecule has 1 aromatic carbocycles. The molecule has 0 atom stereocenters. The van der Waals surface area contributed by atoms with Crippen LogP contribution in [0.15, 0.2) is 12.1 Å². The Morgan fingerprint density at radius 3 is 2.61 bits per heavy atom. The molecule has 0 spiro atoms. The molecule has 0 unspecified atom stereocenters. The molecule has 0 radical (unpaired) electrons. The van der Waals surface area contributed by atoms with Gasteiger partial charge in [0.25, 0.3) is 5.69 Å². The number of nitrogens with zero attached hydrogens (tertiary/aromatic N) is 2. The van der Waals surface area contributed by atoms with Crippen LogP contribution in [0.4, 0.5) is 5.69 Å². The van der Waals surface area contributed by atoms with Crippen molar-refractivity contribution in [3.05, 3.63) is 38.9 Å². The number of methoxy groups -OCH3 is 1. The van der Waals surface area contributed by atoms with E-state index in [4.69, 9.17) is 11.0 Å². The predicted molar refractivity (Wildman–Crippen MR) is 61.4 cm³/mol. The van der Waals surface area contributed by atoms with E-state index in [2.05, 4.69) is 4.74 Å². The fourth-order valence-electron chi connectivity index (χ4n) is 1.53. The maximum absolute atomic E-state index is 11.2. The van der Waals surface area contributed by atoms with Crippen LogP contribution in [-0.2, 0) is 22.5 Å². The minimum Gasteiger partial charge on any atom is -0.469 e. The molecule has 7 nitrogen and oxygen atoms in total. The van der Waals surface area contributed by atoms with Gasteiger partial charge >= 0.3 is 5.97 Å². The molecule has 18 heavy (non-hydrogen) atoms. The van der Waals surface area contributed by atoms with E-state index in [0.717, 1.165) is 0 Å². The fourth-order valence-corrected chi connectivity index (χ4v) is 1.53. The predicted octanol–water partition coefficient (Wildman–Crippen LogP) is 0.641.